The molecular weight excluding hydrogens is 254 g/mol. The number of nitrogens with one attached hydrogen (secondary N) is 3. The van der Waals surface area contributed by atoms with Gasteiger partial charge in [-0.2, -0.15) is 0 Å². The van der Waals surface area contributed by atoms with Crippen LogP contribution in [0.5, 0.6) is 0 Å². The van der Waals surface area contributed by atoms with E-state index in [1.165, 1.54) is 0 Å². The third-order valence-corrected chi connectivity index (χ3v) is 3.31. The van der Waals surface area contributed by atoms with E-state index >= 15 is 0 Å². The van der Waals surface area contributed by atoms with Crippen molar-refractivity contribution in [2.24, 2.45) is 5.92 Å². The fourth-order valence-corrected chi connectivity index (χ4v) is 2.19. The molecule has 0 aliphatic carbocycles. The quantitative estimate of drug-likeness (QED) is 0.507. The molecule has 3 amide bonds. The topological polar surface area (TPSA) is 117 Å². The highest BCUT2D eigenvalue weighted by atomic mass is 16.5. The van der Waals surface area contributed by atoms with Gasteiger partial charge in [0.25, 0.3) is 0 Å². The zero-order chi connectivity index (χ0) is 13.8. The maximum absolute atomic E-state index is 11.7. The minimum atomic E-state index is -0.979. The van der Waals surface area contributed by atoms with Crippen molar-refractivity contribution in [3.05, 3.63) is 0 Å². The van der Waals surface area contributed by atoms with Crippen LogP contribution in [0.25, 0.3) is 0 Å². The minimum Gasteiger partial charge on any atom is -0.481 e. The van der Waals surface area contributed by atoms with Crippen molar-refractivity contribution in [1.82, 2.24) is 16.0 Å². The molecule has 2 heterocycles. The van der Waals surface area contributed by atoms with E-state index < -0.39 is 24.0 Å². The van der Waals surface area contributed by atoms with Gasteiger partial charge in [-0.05, 0) is 6.42 Å². The third kappa shape index (κ3) is 3.57. The van der Waals surface area contributed by atoms with E-state index in [0.717, 1.165) is 0 Å². The van der Waals surface area contributed by atoms with E-state index in [2.05, 4.69) is 16.0 Å². The minimum absolute atomic E-state index is 0.0198. The van der Waals surface area contributed by atoms with Crippen LogP contribution in [0.15, 0.2) is 0 Å². The van der Waals surface area contributed by atoms with Gasteiger partial charge in [0.15, 0.2) is 0 Å². The van der Waals surface area contributed by atoms with Gasteiger partial charge in [0.2, 0.25) is 5.91 Å². The molecule has 0 saturated carbocycles. The number of carbonyl (C=O) groups excluding carboxylic acids is 2. The lowest BCUT2D eigenvalue weighted by Crippen LogP contribution is -2.53. The van der Waals surface area contributed by atoms with Crippen LogP contribution in [-0.2, 0) is 14.3 Å². The number of piperidine rings is 1. The Hall–Kier alpha value is -1.83. The normalized spacial score (nSPS) is 30.5. The zero-order valence-electron chi connectivity index (χ0n) is 10.3. The van der Waals surface area contributed by atoms with Crippen LogP contribution in [0.3, 0.4) is 0 Å². The number of carbonyl (C=O) groups is 3. The smallest absolute Gasteiger partial charge is 0.315 e. The van der Waals surface area contributed by atoms with Crippen LogP contribution in [0, 0.1) is 5.92 Å². The van der Waals surface area contributed by atoms with Crippen molar-refractivity contribution in [1.29, 1.82) is 0 Å². The Labute approximate surface area is 109 Å². The predicted octanol–water partition coefficient (Wildman–Crippen LogP) is -1.34. The molecule has 4 N–H and O–H groups in total. The number of hydrogen-bond donors (Lipinski definition) is 4. The SMILES string of the molecule is O=C1CCC(NC(=O)NC2COCC2C(=O)O)CN1. The van der Waals surface area contributed by atoms with Gasteiger partial charge in [0, 0.05) is 19.0 Å². The first-order valence-electron chi connectivity index (χ1n) is 6.20. The highest BCUT2D eigenvalue weighted by Crippen LogP contribution is 2.13. The summed E-state index contributed by atoms with van der Waals surface area (Å²) in [4.78, 5) is 33.6. The number of aliphatic carboxylic acids is 1. The van der Waals surface area contributed by atoms with Crippen LogP contribution in [0.4, 0.5) is 4.79 Å². The van der Waals surface area contributed by atoms with E-state index in [-0.39, 0.29) is 25.2 Å². The molecule has 8 nitrogen and oxygen atoms in total. The molecule has 0 spiro atoms. The summed E-state index contributed by atoms with van der Waals surface area (Å²) in [5.41, 5.74) is 0. The first-order valence-corrected chi connectivity index (χ1v) is 6.20. The molecule has 0 bridgehead atoms. The van der Waals surface area contributed by atoms with E-state index in [4.69, 9.17) is 9.84 Å². The molecule has 3 atom stereocenters. The Balaban J connectivity index is 1.78. The number of carboxylic acid groups (broad SMARTS) is 1. The van der Waals surface area contributed by atoms with Crippen molar-refractivity contribution in [3.8, 4) is 0 Å². The Morgan fingerprint density at radius 3 is 2.74 bits per heavy atom. The van der Waals surface area contributed by atoms with Crippen LogP contribution in [0.2, 0.25) is 0 Å². The predicted molar refractivity (Wildman–Crippen MR) is 63.4 cm³/mol. The lowest BCUT2D eigenvalue weighted by atomic mass is 10.0. The molecule has 2 fully saturated rings. The molecule has 2 aliphatic heterocycles. The average Bonchev–Trinajstić information content (AvgIpc) is 2.80. The molecule has 0 aromatic heterocycles. The lowest BCUT2D eigenvalue weighted by molar-refractivity contribution is -0.142. The third-order valence-electron chi connectivity index (χ3n) is 3.31. The first-order chi connectivity index (χ1) is 9.06. The van der Waals surface area contributed by atoms with Crippen LogP contribution in [-0.4, -0.2) is 54.9 Å². The second kappa shape index (κ2) is 5.87. The molecule has 0 aromatic carbocycles. The van der Waals surface area contributed by atoms with Crippen molar-refractivity contribution in [3.63, 3.8) is 0 Å². The number of ether oxygens (including phenoxy) is 1. The molecule has 2 aliphatic rings. The monoisotopic (exact) mass is 271 g/mol. The number of rotatable bonds is 3. The van der Waals surface area contributed by atoms with Crippen molar-refractivity contribution < 1.29 is 24.2 Å². The number of hydrogen-bond acceptors (Lipinski definition) is 4. The standard InChI is InChI=1S/C11H17N3O5/c15-9-2-1-6(3-12-9)13-11(18)14-8-5-19-4-7(8)10(16)17/h6-8H,1-5H2,(H,12,15)(H,16,17)(H2,13,14,18). The summed E-state index contributed by atoms with van der Waals surface area (Å²) in [7, 11) is 0. The largest absolute Gasteiger partial charge is 0.481 e. The van der Waals surface area contributed by atoms with Gasteiger partial charge < -0.3 is 25.8 Å². The van der Waals surface area contributed by atoms with Gasteiger partial charge >= 0.3 is 12.0 Å². The van der Waals surface area contributed by atoms with E-state index in [1.807, 2.05) is 0 Å². The Bertz CT molecular complexity index is 377. The fourth-order valence-electron chi connectivity index (χ4n) is 2.19. The van der Waals surface area contributed by atoms with E-state index in [1.54, 1.807) is 0 Å². The molecule has 3 unspecified atom stereocenters. The average molecular weight is 271 g/mol. The zero-order valence-corrected chi connectivity index (χ0v) is 10.3. The Morgan fingerprint density at radius 2 is 2.11 bits per heavy atom. The van der Waals surface area contributed by atoms with E-state index in [9.17, 15) is 14.4 Å². The van der Waals surface area contributed by atoms with Gasteiger partial charge in [0.1, 0.15) is 5.92 Å². The molecule has 2 saturated heterocycles. The second-order valence-corrected chi connectivity index (χ2v) is 4.75. The van der Waals surface area contributed by atoms with Gasteiger partial charge in [-0.3, -0.25) is 9.59 Å². The lowest BCUT2D eigenvalue weighted by Gasteiger charge is -2.25. The van der Waals surface area contributed by atoms with Crippen LogP contribution >= 0.6 is 0 Å². The van der Waals surface area contributed by atoms with Gasteiger partial charge in [-0.15, -0.1) is 0 Å². The molecule has 8 heteroatoms. The first kappa shape index (κ1) is 13.6. The summed E-state index contributed by atoms with van der Waals surface area (Å²) in [6, 6.07) is -1.07. The molecule has 19 heavy (non-hydrogen) atoms. The summed E-state index contributed by atoms with van der Waals surface area (Å²) < 4.78 is 5.06. The van der Waals surface area contributed by atoms with Gasteiger partial charge in [-0.25, -0.2) is 4.79 Å². The summed E-state index contributed by atoms with van der Waals surface area (Å²) in [5, 5.41) is 16.9. The maximum Gasteiger partial charge on any atom is 0.315 e. The van der Waals surface area contributed by atoms with Crippen LogP contribution in [0.1, 0.15) is 12.8 Å². The number of urea groups is 1. The molecule has 0 aromatic rings. The van der Waals surface area contributed by atoms with Crippen molar-refractivity contribution >= 4 is 17.9 Å². The highest BCUT2D eigenvalue weighted by Gasteiger charge is 2.35. The summed E-state index contributed by atoms with van der Waals surface area (Å²) in [6.45, 7) is 0.710. The van der Waals surface area contributed by atoms with Crippen molar-refractivity contribution in [2.45, 2.75) is 24.9 Å². The number of amides is 3. The number of carboxylic acids is 1. The second-order valence-electron chi connectivity index (χ2n) is 4.75. The van der Waals surface area contributed by atoms with Gasteiger partial charge in [0.05, 0.1) is 19.3 Å². The molecule has 106 valence electrons. The molecular formula is C11H17N3O5. The molecule has 2 rings (SSSR count). The molecule has 0 radical (unpaired) electrons. The van der Waals surface area contributed by atoms with E-state index in [0.29, 0.717) is 19.4 Å². The summed E-state index contributed by atoms with van der Waals surface area (Å²) in [6.07, 6.45) is 0.970. The Kier molecular flexibility index (Phi) is 4.20. The Morgan fingerprint density at radius 1 is 1.32 bits per heavy atom. The summed E-state index contributed by atoms with van der Waals surface area (Å²) in [5.74, 6) is -1.71. The van der Waals surface area contributed by atoms with Crippen LogP contribution < -0.4 is 16.0 Å². The van der Waals surface area contributed by atoms with Crippen molar-refractivity contribution in [2.75, 3.05) is 19.8 Å². The maximum atomic E-state index is 11.7. The van der Waals surface area contributed by atoms with Gasteiger partial charge in [-0.1, -0.05) is 0 Å². The highest BCUT2D eigenvalue weighted by molar-refractivity contribution is 5.79. The fraction of sp³-hybridized carbons (Fsp3) is 0.727. The summed E-state index contributed by atoms with van der Waals surface area (Å²) >= 11 is 0.